The van der Waals surface area contributed by atoms with Crippen LogP contribution in [0.2, 0.25) is 0 Å². The van der Waals surface area contributed by atoms with E-state index in [1.165, 1.54) is 0 Å². The molecule has 1 saturated heterocycles. The number of anilines is 3. The highest BCUT2D eigenvalue weighted by Gasteiger charge is 2.35. The Morgan fingerprint density at radius 2 is 1.96 bits per heavy atom. The molecule has 3 rings (SSSR count). The first-order valence-electron chi connectivity index (χ1n) is 8.67. The summed E-state index contributed by atoms with van der Waals surface area (Å²) >= 11 is 0. The van der Waals surface area contributed by atoms with Gasteiger partial charge in [-0.15, -0.1) is 0 Å². The molecule has 25 heavy (non-hydrogen) atoms. The molecule has 7 nitrogen and oxygen atoms in total. The van der Waals surface area contributed by atoms with Crippen molar-refractivity contribution in [3.05, 3.63) is 35.7 Å². The third-order valence-corrected chi connectivity index (χ3v) is 4.47. The third kappa shape index (κ3) is 3.99. The van der Waals surface area contributed by atoms with Gasteiger partial charge in [0.15, 0.2) is 0 Å². The lowest BCUT2D eigenvalue weighted by Crippen LogP contribution is -2.43. The molecular weight excluding hydrogens is 316 g/mol. The molecule has 0 bridgehead atoms. The fourth-order valence-electron chi connectivity index (χ4n) is 3.09. The molecule has 0 radical (unpaired) electrons. The van der Waals surface area contributed by atoms with Gasteiger partial charge in [0.05, 0.1) is 5.69 Å². The lowest BCUT2D eigenvalue weighted by molar-refractivity contribution is 0.00749. The number of hydrogen-bond donors (Lipinski definition) is 3. The number of piperidine rings is 1. The van der Waals surface area contributed by atoms with Gasteiger partial charge >= 0.3 is 0 Å². The average molecular weight is 342 g/mol. The van der Waals surface area contributed by atoms with E-state index in [0.29, 0.717) is 25.9 Å². The van der Waals surface area contributed by atoms with Crippen LogP contribution < -0.4 is 16.0 Å². The first-order valence-corrected chi connectivity index (χ1v) is 8.67. The quantitative estimate of drug-likeness (QED) is 0.782. The highest BCUT2D eigenvalue weighted by Crippen LogP contribution is 2.33. The maximum Gasteiger partial charge on any atom is 0.223 e. The first kappa shape index (κ1) is 17.4. The monoisotopic (exact) mass is 342 g/mol. The Bertz CT molecular complexity index is 723. The first-order chi connectivity index (χ1) is 11.9. The number of nitrogens with one attached hydrogen (secondary N) is 1. The number of nitrogens with two attached hydrogens (primary N) is 1. The zero-order valence-corrected chi connectivity index (χ0v) is 15.0. The zero-order valence-electron chi connectivity index (χ0n) is 15.0. The van der Waals surface area contributed by atoms with Gasteiger partial charge in [0.25, 0.3) is 0 Å². The van der Waals surface area contributed by atoms with E-state index in [4.69, 9.17) is 5.73 Å². The second-order valence-electron chi connectivity index (χ2n) is 7.01. The van der Waals surface area contributed by atoms with Gasteiger partial charge in [-0.1, -0.05) is 6.07 Å². The van der Waals surface area contributed by atoms with Crippen LogP contribution >= 0.6 is 0 Å². The second-order valence-corrected chi connectivity index (χ2v) is 7.01. The number of aromatic nitrogens is 3. The lowest BCUT2D eigenvalue weighted by Gasteiger charge is -2.38. The van der Waals surface area contributed by atoms with E-state index in [2.05, 4.69) is 25.2 Å². The summed E-state index contributed by atoms with van der Waals surface area (Å²) < 4.78 is 0. The maximum atomic E-state index is 11.0. The third-order valence-electron chi connectivity index (χ3n) is 4.47. The molecule has 0 unspecified atom stereocenters. The molecule has 7 heteroatoms. The Labute approximate surface area is 148 Å². The van der Waals surface area contributed by atoms with Crippen molar-refractivity contribution in [3.8, 4) is 0 Å². The molecule has 1 fully saturated rings. The van der Waals surface area contributed by atoms with E-state index in [0.717, 1.165) is 22.9 Å². The predicted octanol–water partition coefficient (Wildman–Crippen LogP) is 2.07. The summed E-state index contributed by atoms with van der Waals surface area (Å²) in [6, 6.07) is 6.08. The lowest BCUT2D eigenvalue weighted by atomic mass is 9.87. The normalized spacial score (nSPS) is 16.9. The van der Waals surface area contributed by atoms with Crippen LogP contribution in [0.15, 0.2) is 24.4 Å². The van der Waals surface area contributed by atoms with Crippen LogP contribution in [0.1, 0.15) is 37.9 Å². The molecule has 0 atom stereocenters. The Balaban J connectivity index is 1.73. The van der Waals surface area contributed by atoms with E-state index >= 15 is 0 Å². The smallest absolute Gasteiger partial charge is 0.223 e. The molecule has 0 aliphatic carbocycles. The number of aryl methyl sites for hydroxylation is 1. The fraction of sp³-hybridized carbons (Fsp3) is 0.500. The molecule has 0 aromatic carbocycles. The Kier molecular flexibility index (Phi) is 4.76. The van der Waals surface area contributed by atoms with E-state index in [-0.39, 0.29) is 12.0 Å². The van der Waals surface area contributed by atoms with Crippen molar-refractivity contribution in [2.24, 2.45) is 0 Å². The molecule has 4 N–H and O–H groups in total. The minimum absolute atomic E-state index is 0.252. The highest BCUT2D eigenvalue weighted by atomic mass is 16.3. The predicted molar refractivity (Wildman–Crippen MR) is 99.5 cm³/mol. The van der Waals surface area contributed by atoms with E-state index < -0.39 is 5.60 Å². The molecule has 1 aliphatic rings. The van der Waals surface area contributed by atoms with Gasteiger partial charge in [-0.25, -0.2) is 0 Å². The van der Waals surface area contributed by atoms with Crippen LogP contribution in [-0.2, 0) is 5.60 Å². The van der Waals surface area contributed by atoms with Crippen molar-refractivity contribution < 1.29 is 5.11 Å². The summed E-state index contributed by atoms with van der Waals surface area (Å²) in [6.45, 7) is 7.46. The van der Waals surface area contributed by atoms with Gasteiger partial charge in [0, 0.05) is 31.4 Å². The standard InChI is InChI=1S/C18H26N6O/c1-12(2)21-15-10-16(23-17(19)22-15)24-8-6-18(25,7-9-24)14-5-4-13(3)11-20-14/h4-5,10-12,25H,6-9H2,1-3H3,(H3,19,21,22,23). The molecule has 134 valence electrons. The van der Waals surface area contributed by atoms with Crippen molar-refractivity contribution >= 4 is 17.6 Å². The number of nitrogen functional groups attached to an aromatic ring is 1. The van der Waals surface area contributed by atoms with Crippen LogP contribution in [0.3, 0.4) is 0 Å². The minimum atomic E-state index is -0.887. The largest absolute Gasteiger partial charge is 0.383 e. The van der Waals surface area contributed by atoms with Gasteiger partial charge in [-0.05, 0) is 45.2 Å². The van der Waals surface area contributed by atoms with Gasteiger partial charge in [-0.3, -0.25) is 4.98 Å². The van der Waals surface area contributed by atoms with Crippen molar-refractivity contribution in [2.45, 2.75) is 45.3 Å². The van der Waals surface area contributed by atoms with Gasteiger partial charge in [0.2, 0.25) is 5.95 Å². The van der Waals surface area contributed by atoms with Gasteiger partial charge < -0.3 is 21.1 Å². The molecule has 2 aromatic rings. The molecule has 1 aliphatic heterocycles. The van der Waals surface area contributed by atoms with Crippen molar-refractivity contribution in [1.29, 1.82) is 0 Å². The van der Waals surface area contributed by atoms with Gasteiger partial charge in [-0.2, -0.15) is 9.97 Å². The second kappa shape index (κ2) is 6.84. The summed E-state index contributed by atoms with van der Waals surface area (Å²) in [6.07, 6.45) is 2.99. The topological polar surface area (TPSA) is 100 Å². The number of nitrogens with zero attached hydrogens (tertiary/aromatic N) is 4. The number of hydrogen-bond acceptors (Lipinski definition) is 7. The van der Waals surface area contributed by atoms with Gasteiger partial charge in [0.1, 0.15) is 17.2 Å². The van der Waals surface area contributed by atoms with E-state index in [1.807, 2.05) is 39.0 Å². The summed E-state index contributed by atoms with van der Waals surface area (Å²) in [4.78, 5) is 15.1. The molecule has 3 heterocycles. The van der Waals surface area contributed by atoms with Crippen molar-refractivity contribution in [2.75, 3.05) is 29.0 Å². The Morgan fingerprint density at radius 1 is 1.24 bits per heavy atom. The molecule has 2 aromatic heterocycles. The van der Waals surface area contributed by atoms with E-state index in [1.54, 1.807) is 6.20 Å². The molecule has 0 spiro atoms. The zero-order chi connectivity index (χ0) is 18.0. The van der Waals surface area contributed by atoms with Crippen molar-refractivity contribution in [3.63, 3.8) is 0 Å². The average Bonchev–Trinajstić information content (AvgIpc) is 2.55. The van der Waals surface area contributed by atoms with E-state index in [9.17, 15) is 5.11 Å². The van der Waals surface area contributed by atoms with Crippen molar-refractivity contribution in [1.82, 2.24) is 15.0 Å². The Hall–Kier alpha value is -2.41. The summed E-state index contributed by atoms with van der Waals surface area (Å²) in [5.41, 5.74) is 6.79. The number of pyridine rings is 1. The SMILES string of the molecule is Cc1ccc(C2(O)CCN(c3cc(NC(C)C)nc(N)n3)CC2)nc1. The molecule has 0 saturated carbocycles. The van der Waals surface area contributed by atoms with Crippen LogP contribution in [-0.4, -0.2) is 39.2 Å². The maximum absolute atomic E-state index is 11.0. The van der Waals surface area contributed by atoms with Crippen LogP contribution in [0, 0.1) is 6.92 Å². The summed E-state index contributed by atoms with van der Waals surface area (Å²) in [7, 11) is 0. The molecule has 0 amide bonds. The fourth-order valence-corrected chi connectivity index (χ4v) is 3.09. The Morgan fingerprint density at radius 3 is 2.56 bits per heavy atom. The summed E-state index contributed by atoms with van der Waals surface area (Å²) in [5.74, 6) is 1.76. The van der Waals surface area contributed by atoms with Crippen LogP contribution in [0.4, 0.5) is 17.6 Å². The minimum Gasteiger partial charge on any atom is -0.383 e. The summed E-state index contributed by atoms with van der Waals surface area (Å²) in [5, 5.41) is 14.2. The number of rotatable bonds is 4. The van der Waals surface area contributed by atoms with Crippen LogP contribution in [0.5, 0.6) is 0 Å². The molecular formula is C18H26N6O. The highest BCUT2D eigenvalue weighted by molar-refractivity contribution is 5.53. The van der Waals surface area contributed by atoms with Crippen LogP contribution in [0.25, 0.3) is 0 Å². The number of aliphatic hydroxyl groups is 1.